The predicted molar refractivity (Wildman–Crippen MR) is 77.9 cm³/mol. The largest absolute Gasteiger partial charge is 0.322 e. The molecule has 1 amide bonds. The van der Waals surface area contributed by atoms with Crippen molar-refractivity contribution in [2.24, 2.45) is 0 Å². The van der Waals surface area contributed by atoms with Gasteiger partial charge in [-0.15, -0.1) is 0 Å². The van der Waals surface area contributed by atoms with Gasteiger partial charge < -0.3 is 5.32 Å². The smallest absolute Gasteiger partial charge is 0.258 e. The molecule has 0 unspecified atom stereocenters. The van der Waals surface area contributed by atoms with Crippen LogP contribution in [0.25, 0.3) is 0 Å². The maximum absolute atomic E-state index is 13.8. The molecular formula is C15H10BrFN2O. The zero-order chi connectivity index (χ0) is 14.7. The molecule has 2 rings (SSSR count). The van der Waals surface area contributed by atoms with E-state index < -0.39 is 11.7 Å². The van der Waals surface area contributed by atoms with E-state index in [4.69, 9.17) is 5.26 Å². The summed E-state index contributed by atoms with van der Waals surface area (Å²) in [7, 11) is 0. The predicted octanol–water partition coefficient (Wildman–Crippen LogP) is 4.02. The molecular weight excluding hydrogens is 323 g/mol. The van der Waals surface area contributed by atoms with E-state index in [0.29, 0.717) is 11.3 Å². The fourth-order valence-electron chi connectivity index (χ4n) is 1.70. The van der Waals surface area contributed by atoms with Gasteiger partial charge in [0.05, 0.1) is 21.7 Å². The third kappa shape index (κ3) is 2.86. The number of anilines is 1. The number of hydrogen-bond donors (Lipinski definition) is 1. The molecule has 2 aromatic carbocycles. The van der Waals surface area contributed by atoms with Gasteiger partial charge in [-0.3, -0.25) is 4.79 Å². The van der Waals surface area contributed by atoms with Gasteiger partial charge in [-0.1, -0.05) is 12.1 Å². The molecule has 20 heavy (non-hydrogen) atoms. The summed E-state index contributed by atoms with van der Waals surface area (Å²) in [6.07, 6.45) is 0. The van der Waals surface area contributed by atoms with Gasteiger partial charge in [-0.25, -0.2) is 4.39 Å². The number of nitrogens with one attached hydrogen (secondary N) is 1. The van der Waals surface area contributed by atoms with E-state index >= 15 is 0 Å². The molecule has 0 fully saturated rings. The van der Waals surface area contributed by atoms with Crippen LogP contribution in [0.1, 0.15) is 21.5 Å². The van der Waals surface area contributed by atoms with Crippen molar-refractivity contribution in [1.82, 2.24) is 0 Å². The lowest BCUT2D eigenvalue weighted by molar-refractivity contribution is 0.102. The summed E-state index contributed by atoms with van der Waals surface area (Å²) >= 11 is 3.04. The second-order valence-electron chi connectivity index (χ2n) is 4.20. The highest BCUT2D eigenvalue weighted by Gasteiger charge is 2.14. The fourth-order valence-corrected chi connectivity index (χ4v) is 2.06. The Morgan fingerprint density at radius 2 is 2.10 bits per heavy atom. The second-order valence-corrected chi connectivity index (χ2v) is 5.05. The molecule has 1 N–H and O–H groups in total. The third-order valence-electron chi connectivity index (χ3n) is 2.81. The van der Waals surface area contributed by atoms with E-state index in [9.17, 15) is 9.18 Å². The molecule has 0 bridgehead atoms. The van der Waals surface area contributed by atoms with E-state index in [-0.39, 0.29) is 10.0 Å². The lowest BCUT2D eigenvalue weighted by Gasteiger charge is -2.09. The third-order valence-corrected chi connectivity index (χ3v) is 3.42. The first-order valence-corrected chi connectivity index (χ1v) is 6.58. The molecule has 0 heterocycles. The van der Waals surface area contributed by atoms with Crippen LogP contribution in [0.2, 0.25) is 0 Å². The van der Waals surface area contributed by atoms with Crippen LogP contribution in [0.15, 0.2) is 40.9 Å². The highest BCUT2D eigenvalue weighted by Crippen LogP contribution is 2.21. The van der Waals surface area contributed by atoms with Crippen molar-refractivity contribution in [1.29, 1.82) is 5.26 Å². The van der Waals surface area contributed by atoms with Crippen molar-refractivity contribution in [3.63, 3.8) is 0 Å². The molecule has 0 atom stereocenters. The number of halogens is 2. The van der Waals surface area contributed by atoms with Crippen LogP contribution in [0.3, 0.4) is 0 Å². The Balaban J connectivity index is 2.33. The van der Waals surface area contributed by atoms with Crippen LogP contribution in [-0.4, -0.2) is 5.91 Å². The first-order valence-electron chi connectivity index (χ1n) is 5.79. The number of benzene rings is 2. The Bertz CT molecular complexity index is 722. The van der Waals surface area contributed by atoms with Gasteiger partial charge in [0.25, 0.3) is 5.91 Å². The zero-order valence-electron chi connectivity index (χ0n) is 10.6. The van der Waals surface area contributed by atoms with Crippen molar-refractivity contribution in [2.45, 2.75) is 6.92 Å². The summed E-state index contributed by atoms with van der Waals surface area (Å²) in [6.45, 7) is 1.80. The quantitative estimate of drug-likeness (QED) is 0.902. The topological polar surface area (TPSA) is 52.9 Å². The lowest BCUT2D eigenvalue weighted by Crippen LogP contribution is -2.14. The van der Waals surface area contributed by atoms with Crippen LogP contribution in [0.4, 0.5) is 10.1 Å². The first-order chi connectivity index (χ1) is 9.52. The van der Waals surface area contributed by atoms with Crippen molar-refractivity contribution < 1.29 is 9.18 Å². The molecule has 5 heteroatoms. The van der Waals surface area contributed by atoms with Gasteiger partial charge in [-0.2, -0.15) is 5.26 Å². The molecule has 3 nitrogen and oxygen atoms in total. The number of rotatable bonds is 2. The van der Waals surface area contributed by atoms with Crippen LogP contribution in [0.5, 0.6) is 0 Å². The summed E-state index contributed by atoms with van der Waals surface area (Å²) in [4.78, 5) is 12.1. The van der Waals surface area contributed by atoms with Crippen LogP contribution < -0.4 is 5.32 Å². The van der Waals surface area contributed by atoms with Crippen LogP contribution in [-0.2, 0) is 0 Å². The standard InChI is InChI=1S/C15H10BrFN2O/c1-9-5-6-10(8-18)7-13(9)19-15(20)11-3-2-4-12(16)14(11)17/h2-7H,1H3,(H,19,20). The number of aryl methyl sites for hydroxylation is 1. The Hall–Kier alpha value is -2.19. The minimum atomic E-state index is -0.612. The molecule has 0 spiro atoms. The van der Waals surface area contributed by atoms with Gasteiger partial charge in [0.15, 0.2) is 0 Å². The van der Waals surface area contributed by atoms with E-state index in [1.807, 2.05) is 6.07 Å². The maximum Gasteiger partial charge on any atom is 0.258 e. The second kappa shape index (κ2) is 5.85. The molecule has 0 saturated heterocycles. The van der Waals surface area contributed by atoms with Gasteiger partial charge in [0, 0.05) is 5.69 Å². The highest BCUT2D eigenvalue weighted by molar-refractivity contribution is 9.10. The number of carbonyl (C=O) groups is 1. The van der Waals surface area contributed by atoms with E-state index in [2.05, 4.69) is 21.2 Å². The number of carbonyl (C=O) groups excluding carboxylic acids is 1. The molecule has 0 aliphatic carbocycles. The Kier molecular flexibility index (Phi) is 4.16. The number of nitriles is 1. The average molecular weight is 333 g/mol. The summed E-state index contributed by atoms with van der Waals surface area (Å²) < 4.78 is 14.1. The maximum atomic E-state index is 13.8. The van der Waals surface area contributed by atoms with Crippen LogP contribution >= 0.6 is 15.9 Å². The minimum Gasteiger partial charge on any atom is -0.322 e. The van der Waals surface area contributed by atoms with Crippen molar-refractivity contribution in [3.05, 3.63) is 63.4 Å². The highest BCUT2D eigenvalue weighted by atomic mass is 79.9. The molecule has 0 saturated carbocycles. The van der Waals surface area contributed by atoms with Crippen molar-refractivity contribution in [2.75, 3.05) is 5.32 Å². The van der Waals surface area contributed by atoms with Gasteiger partial charge >= 0.3 is 0 Å². The van der Waals surface area contributed by atoms with E-state index in [1.165, 1.54) is 12.1 Å². The Morgan fingerprint density at radius 1 is 1.35 bits per heavy atom. The normalized spacial score (nSPS) is 9.90. The number of amides is 1. The Labute approximate surface area is 124 Å². The Morgan fingerprint density at radius 3 is 2.80 bits per heavy atom. The molecule has 100 valence electrons. The first kappa shape index (κ1) is 14.2. The van der Waals surface area contributed by atoms with E-state index in [1.54, 1.807) is 31.2 Å². The van der Waals surface area contributed by atoms with Crippen molar-refractivity contribution >= 4 is 27.5 Å². The molecule has 0 radical (unpaired) electrons. The molecule has 0 aliphatic heterocycles. The summed E-state index contributed by atoms with van der Waals surface area (Å²) in [5.74, 6) is -1.17. The fraction of sp³-hybridized carbons (Fsp3) is 0.0667. The van der Waals surface area contributed by atoms with Gasteiger partial charge in [-0.05, 0) is 52.7 Å². The minimum absolute atomic E-state index is 0.0545. The van der Waals surface area contributed by atoms with Crippen LogP contribution in [0, 0.1) is 24.1 Å². The summed E-state index contributed by atoms with van der Waals surface area (Å²) in [5, 5.41) is 11.5. The average Bonchev–Trinajstić information content (AvgIpc) is 2.44. The SMILES string of the molecule is Cc1ccc(C#N)cc1NC(=O)c1cccc(Br)c1F. The molecule has 2 aromatic rings. The van der Waals surface area contributed by atoms with E-state index in [0.717, 1.165) is 5.56 Å². The number of nitrogens with zero attached hydrogens (tertiary/aromatic N) is 1. The van der Waals surface area contributed by atoms with Gasteiger partial charge in [0.2, 0.25) is 0 Å². The van der Waals surface area contributed by atoms with Gasteiger partial charge in [0.1, 0.15) is 5.82 Å². The lowest BCUT2D eigenvalue weighted by atomic mass is 10.1. The monoisotopic (exact) mass is 332 g/mol. The number of hydrogen-bond acceptors (Lipinski definition) is 2. The van der Waals surface area contributed by atoms with Crippen molar-refractivity contribution in [3.8, 4) is 6.07 Å². The molecule has 0 aliphatic rings. The zero-order valence-corrected chi connectivity index (χ0v) is 12.2. The molecule has 0 aromatic heterocycles. The summed E-state index contributed by atoms with van der Waals surface area (Å²) in [5.41, 5.74) is 1.67. The summed E-state index contributed by atoms with van der Waals surface area (Å²) in [6, 6.07) is 11.4.